The van der Waals surface area contributed by atoms with Crippen molar-refractivity contribution in [3.63, 3.8) is 0 Å². The van der Waals surface area contributed by atoms with E-state index in [4.69, 9.17) is 5.73 Å². The molecule has 0 saturated carbocycles. The van der Waals surface area contributed by atoms with Crippen molar-refractivity contribution in [1.82, 2.24) is 4.90 Å². The van der Waals surface area contributed by atoms with E-state index < -0.39 is 0 Å². The third kappa shape index (κ3) is 3.37. The van der Waals surface area contributed by atoms with Crippen LogP contribution in [0.3, 0.4) is 0 Å². The zero-order valence-electron chi connectivity index (χ0n) is 10.7. The average molecular weight is 396 g/mol. The van der Waals surface area contributed by atoms with Gasteiger partial charge in [-0.3, -0.25) is 4.90 Å². The summed E-state index contributed by atoms with van der Waals surface area (Å²) in [7, 11) is 0. The first-order valence-electron chi connectivity index (χ1n) is 6.54. The van der Waals surface area contributed by atoms with Gasteiger partial charge >= 0.3 is 0 Å². The molecular formula is C13H20Br2N2S. The van der Waals surface area contributed by atoms with Gasteiger partial charge in [-0.05, 0) is 69.8 Å². The topological polar surface area (TPSA) is 29.3 Å². The number of piperidine rings is 1. The van der Waals surface area contributed by atoms with Crippen molar-refractivity contribution >= 4 is 43.2 Å². The first kappa shape index (κ1) is 15.0. The molecule has 0 bridgehead atoms. The highest BCUT2D eigenvalue weighted by Gasteiger charge is 2.26. The number of nitrogens with two attached hydrogens (primary N) is 1. The minimum atomic E-state index is 0.385. The summed E-state index contributed by atoms with van der Waals surface area (Å²) in [5.74, 6) is 0.918. The van der Waals surface area contributed by atoms with Gasteiger partial charge in [0.25, 0.3) is 0 Å². The highest BCUT2D eigenvalue weighted by atomic mass is 79.9. The third-order valence-corrected chi connectivity index (χ3v) is 7.24. The molecule has 18 heavy (non-hydrogen) atoms. The van der Waals surface area contributed by atoms with Crippen molar-refractivity contribution in [2.24, 2.45) is 11.7 Å². The predicted molar refractivity (Wildman–Crippen MR) is 86.1 cm³/mol. The second kappa shape index (κ2) is 6.84. The Bertz CT molecular complexity index is 367. The van der Waals surface area contributed by atoms with Crippen molar-refractivity contribution in [1.29, 1.82) is 0 Å². The number of likely N-dealkylation sites (tertiary alicyclic amines) is 1. The summed E-state index contributed by atoms with van der Waals surface area (Å²) in [5, 5.41) is 0. The Morgan fingerprint density at radius 2 is 2.11 bits per heavy atom. The lowest BCUT2D eigenvalue weighted by Crippen LogP contribution is -2.39. The van der Waals surface area contributed by atoms with Gasteiger partial charge in [0.15, 0.2) is 0 Å². The Labute approximate surface area is 130 Å². The van der Waals surface area contributed by atoms with Crippen LogP contribution in [0.25, 0.3) is 0 Å². The second-order valence-electron chi connectivity index (χ2n) is 4.91. The van der Waals surface area contributed by atoms with E-state index in [-0.39, 0.29) is 0 Å². The van der Waals surface area contributed by atoms with E-state index in [1.807, 2.05) is 0 Å². The summed E-state index contributed by atoms with van der Waals surface area (Å²) < 4.78 is 2.31. The zero-order chi connectivity index (χ0) is 13.1. The van der Waals surface area contributed by atoms with Crippen LogP contribution in [0.5, 0.6) is 0 Å². The van der Waals surface area contributed by atoms with Crippen LogP contribution in [-0.2, 0) is 0 Å². The molecule has 2 rings (SSSR count). The molecule has 1 aromatic rings. The number of hydrogen-bond acceptors (Lipinski definition) is 3. The summed E-state index contributed by atoms with van der Waals surface area (Å²) in [6.45, 7) is 5.38. The number of thiophene rings is 1. The number of nitrogens with zero attached hydrogens (tertiary/aromatic N) is 1. The Morgan fingerprint density at radius 1 is 1.44 bits per heavy atom. The molecule has 2 N–H and O–H groups in total. The van der Waals surface area contributed by atoms with Gasteiger partial charge in [0.2, 0.25) is 0 Å². The molecule has 1 atom stereocenters. The number of hydrogen-bond donors (Lipinski definition) is 1. The van der Waals surface area contributed by atoms with Gasteiger partial charge in [0, 0.05) is 15.9 Å². The molecule has 1 fully saturated rings. The first-order valence-corrected chi connectivity index (χ1v) is 8.94. The van der Waals surface area contributed by atoms with Crippen molar-refractivity contribution in [3.05, 3.63) is 19.2 Å². The molecule has 1 saturated heterocycles. The van der Waals surface area contributed by atoms with Gasteiger partial charge in [-0.15, -0.1) is 11.3 Å². The lowest BCUT2D eigenvalue weighted by molar-refractivity contribution is 0.135. The molecule has 2 heterocycles. The molecule has 2 nitrogen and oxygen atoms in total. The van der Waals surface area contributed by atoms with Crippen LogP contribution < -0.4 is 5.73 Å². The molecule has 1 unspecified atom stereocenters. The van der Waals surface area contributed by atoms with Crippen LogP contribution in [0.4, 0.5) is 0 Å². The van der Waals surface area contributed by atoms with Gasteiger partial charge in [-0.1, -0.05) is 13.3 Å². The third-order valence-electron chi connectivity index (χ3n) is 3.88. The van der Waals surface area contributed by atoms with E-state index in [0.717, 1.165) is 10.4 Å². The minimum Gasteiger partial charge on any atom is -0.329 e. The maximum absolute atomic E-state index is 6.00. The standard InChI is InChI=1S/C13H20Br2N2S/c1-2-9-3-5-17(6-4-9)11(8-16)12-7-10(14)13(15)18-12/h7,9,11H,2-6,8,16H2,1H3. The molecule has 0 aromatic carbocycles. The minimum absolute atomic E-state index is 0.385. The Morgan fingerprint density at radius 3 is 2.56 bits per heavy atom. The van der Waals surface area contributed by atoms with Gasteiger partial charge in [-0.25, -0.2) is 0 Å². The van der Waals surface area contributed by atoms with E-state index in [2.05, 4.69) is 49.7 Å². The summed E-state index contributed by atoms with van der Waals surface area (Å²) in [6, 6.07) is 2.59. The van der Waals surface area contributed by atoms with Crippen molar-refractivity contribution in [2.75, 3.05) is 19.6 Å². The highest BCUT2D eigenvalue weighted by molar-refractivity contribution is 9.13. The molecule has 1 aromatic heterocycles. The summed E-state index contributed by atoms with van der Waals surface area (Å²) in [6.07, 6.45) is 3.96. The SMILES string of the molecule is CCC1CCN(C(CN)c2cc(Br)c(Br)s2)CC1. The Balaban J connectivity index is 2.05. The van der Waals surface area contributed by atoms with Crippen molar-refractivity contribution in [2.45, 2.75) is 32.2 Å². The molecule has 0 amide bonds. The smallest absolute Gasteiger partial charge is 0.0843 e. The molecule has 0 aliphatic carbocycles. The second-order valence-corrected chi connectivity index (χ2v) is 8.17. The summed E-state index contributed by atoms with van der Waals surface area (Å²) >= 11 is 8.93. The normalized spacial score (nSPS) is 20.2. The Hall–Kier alpha value is 0.580. The monoisotopic (exact) mass is 394 g/mol. The molecule has 102 valence electrons. The fourth-order valence-corrected chi connectivity index (χ4v) is 4.88. The van der Waals surface area contributed by atoms with Crippen LogP contribution in [0.15, 0.2) is 14.3 Å². The quantitative estimate of drug-likeness (QED) is 0.818. The molecule has 0 spiro atoms. The van der Waals surface area contributed by atoms with E-state index in [1.54, 1.807) is 11.3 Å². The fourth-order valence-electron chi connectivity index (χ4n) is 2.65. The molecular weight excluding hydrogens is 376 g/mol. The number of halogens is 2. The van der Waals surface area contributed by atoms with E-state index in [1.165, 1.54) is 41.0 Å². The molecule has 1 aliphatic rings. The highest BCUT2D eigenvalue weighted by Crippen LogP contribution is 2.38. The Kier molecular flexibility index (Phi) is 5.69. The van der Waals surface area contributed by atoms with Crippen LogP contribution in [0.2, 0.25) is 0 Å². The van der Waals surface area contributed by atoms with Crippen LogP contribution >= 0.6 is 43.2 Å². The zero-order valence-corrected chi connectivity index (χ0v) is 14.7. The van der Waals surface area contributed by atoms with E-state index >= 15 is 0 Å². The maximum atomic E-state index is 6.00. The van der Waals surface area contributed by atoms with Gasteiger partial charge < -0.3 is 5.73 Å². The van der Waals surface area contributed by atoms with Crippen molar-refractivity contribution in [3.8, 4) is 0 Å². The lowest BCUT2D eigenvalue weighted by atomic mass is 9.93. The summed E-state index contributed by atoms with van der Waals surface area (Å²) in [4.78, 5) is 3.92. The van der Waals surface area contributed by atoms with Crippen LogP contribution in [-0.4, -0.2) is 24.5 Å². The largest absolute Gasteiger partial charge is 0.329 e. The van der Waals surface area contributed by atoms with Crippen molar-refractivity contribution < 1.29 is 0 Å². The fraction of sp³-hybridized carbons (Fsp3) is 0.692. The van der Waals surface area contributed by atoms with Gasteiger partial charge in [-0.2, -0.15) is 0 Å². The average Bonchev–Trinajstić information content (AvgIpc) is 2.71. The van der Waals surface area contributed by atoms with E-state index in [9.17, 15) is 0 Å². The van der Waals surface area contributed by atoms with Gasteiger partial charge in [0.1, 0.15) is 0 Å². The van der Waals surface area contributed by atoms with Crippen LogP contribution in [0, 0.1) is 5.92 Å². The predicted octanol–water partition coefficient (Wildman–Crippen LogP) is 4.39. The summed E-state index contributed by atoms with van der Waals surface area (Å²) in [5.41, 5.74) is 6.00. The van der Waals surface area contributed by atoms with E-state index in [0.29, 0.717) is 12.6 Å². The lowest BCUT2D eigenvalue weighted by Gasteiger charge is -2.36. The van der Waals surface area contributed by atoms with Crippen LogP contribution in [0.1, 0.15) is 37.1 Å². The maximum Gasteiger partial charge on any atom is 0.0843 e. The van der Waals surface area contributed by atoms with Gasteiger partial charge in [0.05, 0.1) is 9.83 Å². The molecule has 5 heteroatoms. The molecule has 1 aliphatic heterocycles. The molecule has 0 radical (unpaired) electrons. The number of rotatable bonds is 4. The first-order chi connectivity index (χ1) is 8.65.